The lowest BCUT2D eigenvalue weighted by molar-refractivity contribution is 0.0905. The Hall–Kier alpha value is -2.99. The molecule has 0 aliphatic heterocycles. The molecule has 29 heavy (non-hydrogen) atoms. The van der Waals surface area contributed by atoms with E-state index in [0.717, 1.165) is 22.5 Å². The largest absolute Gasteiger partial charge is 0.383 e. The molecule has 0 saturated heterocycles. The maximum atomic E-state index is 12.9. The van der Waals surface area contributed by atoms with Crippen molar-refractivity contribution in [2.24, 2.45) is 0 Å². The zero-order valence-corrected chi connectivity index (χ0v) is 17.6. The minimum absolute atomic E-state index is 0.0865. The van der Waals surface area contributed by atoms with Gasteiger partial charge in [0.25, 0.3) is 5.91 Å². The molecule has 0 aliphatic rings. The highest BCUT2D eigenvalue weighted by Gasteiger charge is 2.16. The number of hydrogen-bond donors (Lipinski definition) is 1. The molecule has 1 N–H and O–H groups in total. The minimum atomic E-state index is -0.143. The fourth-order valence-electron chi connectivity index (χ4n) is 3.21. The molecule has 2 aromatic carbocycles. The van der Waals surface area contributed by atoms with E-state index in [4.69, 9.17) is 4.74 Å². The van der Waals surface area contributed by atoms with Crippen molar-refractivity contribution < 1.29 is 9.53 Å². The van der Waals surface area contributed by atoms with Crippen molar-refractivity contribution in [3.63, 3.8) is 0 Å². The zero-order chi connectivity index (χ0) is 21.0. The normalized spacial score (nSPS) is 12.2. The van der Waals surface area contributed by atoms with Gasteiger partial charge in [-0.05, 0) is 49.1 Å². The van der Waals surface area contributed by atoms with Crippen LogP contribution in [0.2, 0.25) is 0 Å². The molecule has 0 spiro atoms. The van der Waals surface area contributed by atoms with Crippen molar-refractivity contribution in [3.05, 3.63) is 65.5 Å². The number of carbonyl (C=O) groups is 1. The first-order valence-electron chi connectivity index (χ1n) is 9.82. The van der Waals surface area contributed by atoms with Crippen LogP contribution in [0.1, 0.15) is 48.3 Å². The molecular weight excluding hydrogens is 364 g/mol. The summed E-state index contributed by atoms with van der Waals surface area (Å²) in [5, 5.41) is 11.3. The topological polar surface area (TPSA) is 69.0 Å². The third kappa shape index (κ3) is 4.90. The Bertz CT molecular complexity index is 977. The summed E-state index contributed by atoms with van der Waals surface area (Å²) in [6.45, 7) is 8.62. The Morgan fingerprint density at radius 2 is 1.83 bits per heavy atom. The third-order valence-corrected chi connectivity index (χ3v) is 4.77. The molecule has 6 heteroatoms. The monoisotopic (exact) mass is 392 g/mol. The molecule has 0 saturated carbocycles. The summed E-state index contributed by atoms with van der Waals surface area (Å²) in [6, 6.07) is 14.0. The van der Waals surface area contributed by atoms with Crippen LogP contribution in [0.4, 0.5) is 0 Å². The standard InChI is InChI=1S/C23H28N4O2/c1-15(2)22-13-24-26-27(22)21-11-19(18-8-6-16(3)7-9-18)10-20(12-21)23(28)25-17(4)14-29-5/h6-13,15,17H,14H2,1-5H3,(H,25,28)/t17-/m1/s1. The van der Waals surface area contributed by atoms with Gasteiger partial charge in [0.1, 0.15) is 0 Å². The van der Waals surface area contributed by atoms with Crippen LogP contribution in [0.5, 0.6) is 0 Å². The SMILES string of the molecule is COC[C@@H](C)NC(=O)c1cc(-c2ccc(C)cc2)cc(-n2nncc2C(C)C)c1. The molecule has 0 unspecified atom stereocenters. The average Bonchev–Trinajstić information content (AvgIpc) is 3.18. The summed E-state index contributed by atoms with van der Waals surface area (Å²) in [4.78, 5) is 12.9. The van der Waals surface area contributed by atoms with E-state index in [-0.39, 0.29) is 17.9 Å². The number of aryl methyl sites for hydroxylation is 1. The fraction of sp³-hybridized carbons (Fsp3) is 0.348. The first-order chi connectivity index (χ1) is 13.9. The van der Waals surface area contributed by atoms with Crippen LogP contribution in [0.15, 0.2) is 48.7 Å². The first-order valence-corrected chi connectivity index (χ1v) is 9.82. The van der Waals surface area contributed by atoms with Gasteiger partial charge in [-0.25, -0.2) is 4.68 Å². The van der Waals surface area contributed by atoms with Crippen molar-refractivity contribution in [2.45, 2.75) is 39.7 Å². The summed E-state index contributed by atoms with van der Waals surface area (Å²) in [5.41, 5.74) is 5.57. The van der Waals surface area contributed by atoms with Crippen LogP contribution in [0.3, 0.4) is 0 Å². The van der Waals surface area contributed by atoms with Crippen molar-refractivity contribution in [3.8, 4) is 16.8 Å². The van der Waals surface area contributed by atoms with E-state index in [1.807, 2.05) is 25.1 Å². The van der Waals surface area contributed by atoms with E-state index in [0.29, 0.717) is 12.2 Å². The zero-order valence-electron chi connectivity index (χ0n) is 17.6. The molecule has 1 amide bonds. The summed E-state index contributed by atoms with van der Waals surface area (Å²) >= 11 is 0. The Balaban J connectivity index is 2.08. The number of nitrogens with zero attached hydrogens (tertiary/aromatic N) is 3. The van der Waals surface area contributed by atoms with E-state index < -0.39 is 0 Å². The third-order valence-electron chi connectivity index (χ3n) is 4.77. The van der Waals surface area contributed by atoms with Gasteiger partial charge in [0.2, 0.25) is 0 Å². The van der Waals surface area contributed by atoms with Gasteiger partial charge in [-0.1, -0.05) is 48.9 Å². The van der Waals surface area contributed by atoms with Gasteiger partial charge in [-0.3, -0.25) is 4.79 Å². The first kappa shape index (κ1) is 20.7. The predicted molar refractivity (Wildman–Crippen MR) is 114 cm³/mol. The number of methoxy groups -OCH3 is 1. The lowest BCUT2D eigenvalue weighted by Crippen LogP contribution is -2.35. The van der Waals surface area contributed by atoms with E-state index in [1.54, 1.807) is 18.0 Å². The number of benzene rings is 2. The molecule has 0 radical (unpaired) electrons. The van der Waals surface area contributed by atoms with Gasteiger partial charge in [-0.2, -0.15) is 0 Å². The molecule has 152 valence electrons. The van der Waals surface area contributed by atoms with Gasteiger partial charge < -0.3 is 10.1 Å². The Morgan fingerprint density at radius 3 is 2.48 bits per heavy atom. The van der Waals surface area contributed by atoms with Crippen molar-refractivity contribution in [1.29, 1.82) is 0 Å². The van der Waals surface area contributed by atoms with E-state index in [9.17, 15) is 4.79 Å². The number of amides is 1. The number of hydrogen-bond acceptors (Lipinski definition) is 4. The molecule has 1 aromatic heterocycles. The smallest absolute Gasteiger partial charge is 0.251 e. The van der Waals surface area contributed by atoms with Gasteiger partial charge in [0, 0.05) is 18.7 Å². The Labute approximate surface area is 171 Å². The van der Waals surface area contributed by atoms with Crippen molar-refractivity contribution in [2.75, 3.05) is 13.7 Å². The molecular formula is C23H28N4O2. The Morgan fingerprint density at radius 1 is 1.10 bits per heavy atom. The van der Waals surface area contributed by atoms with Crippen LogP contribution in [0, 0.1) is 6.92 Å². The van der Waals surface area contributed by atoms with Crippen molar-refractivity contribution in [1.82, 2.24) is 20.3 Å². The number of rotatable bonds is 7. The van der Waals surface area contributed by atoms with Crippen LogP contribution in [-0.4, -0.2) is 40.7 Å². The van der Waals surface area contributed by atoms with Crippen molar-refractivity contribution >= 4 is 5.91 Å². The van der Waals surface area contributed by atoms with Gasteiger partial charge in [0.15, 0.2) is 0 Å². The summed E-state index contributed by atoms with van der Waals surface area (Å²) in [6.07, 6.45) is 1.77. The molecule has 6 nitrogen and oxygen atoms in total. The molecule has 3 rings (SSSR count). The lowest BCUT2D eigenvalue weighted by Gasteiger charge is -2.16. The van der Waals surface area contributed by atoms with Crippen LogP contribution in [-0.2, 0) is 4.74 Å². The average molecular weight is 393 g/mol. The van der Waals surface area contributed by atoms with Gasteiger partial charge in [0.05, 0.1) is 24.2 Å². The van der Waals surface area contributed by atoms with Crippen LogP contribution >= 0.6 is 0 Å². The van der Waals surface area contributed by atoms with Crippen LogP contribution < -0.4 is 5.32 Å². The number of aromatic nitrogens is 3. The maximum absolute atomic E-state index is 12.9. The number of nitrogens with one attached hydrogen (secondary N) is 1. The van der Waals surface area contributed by atoms with Crippen LogP contribution in [0.25, 0.3) is 16.8 Å². The summed E-state index contributed by atoms with van der Waals surface area (Å²) in [7, 11) is 1.62. The Kier molecular flexibility index (Phi) is 6.44. The molecule has 1 atom stereocenters. The second-order valence-corrected chi connectivity index (χ2v) is 7.69. The molecule has 0 bridgehead atoms. The highest BCUT2D eigenvalue weighted by molar-refractivity contribution is 5.96. The fourth-order valence-corrected chi connectivity index (χ4v) is 3.21. The summed E-state index contributed by atoms with van der Waals surface area (Å²) in [5.74, 6) is 0.114. The predicted octanol–water partition coefficient (Wildman–Crippen LogP) is 4.13. The lowest BCUT2D eigenvalue weighted by atomic mass is 10.00. The molecule has 0 fully saturated rings. The maximum Gasteiger partial charge on any atom is 0.251 e. The molecule has 3 aromatic rings. The number of ether oxygens (including phenoxy) is 1. The van der Waals surface area contributed by atoms with E-state index in [2.05, 4.69) is 60.7 Å². The highest BCUT2D eigenvalue weighted by Crippen LogP contribution is 2.26. The molecule has 1 heterocycles. The number of carbonyl (C=O) groups excluding carboxylic acids is 1. The second kappa shape index (κ2) is 9.01. The second-order valence-electron chi connectivity index (χ2n) is 7.69. The minimum Gasteiger partial charge on any atom is -0.383 e. The van der Waals surface area contributed by atoms with E-state index in [1.165, 1.54) is 5.56 Å². The summed E-state index contributed by atoms with van der Waals surface area (Å²) < 4.78 is 6.94. The molecule has 0 aliphatic carbocycles. The highest BCUT2D eigenvalue weighted by atomic mass is 16.5. The van der Waals surface area contributed by atoms with E-state index >= 15 is 0 Å². The van der Waals surface area contributed by atoms with Gasteiger partial charge >= 0.3 is 0 Å². The quantitative estimate of drug-likeness (QED) is 0.656. The van der Waals surface area contributed by atoms with Gasteiger partial charge in [-0.15, -0.1) is 5.10 Å².